The number of fused-ring (bicyclic) bond motifs is 3. The van der Waals surface area contributed by atoms with Crippen molar-refractivity contribution < 1.29 is 4.74 Å². The van der Waals surface area contributed by atoms with Crippen LogP contribution in [0.15, 0.2) is 29.1 Å². The van der Waals surface area contributed by atoms with Crippen LogP contribution in [-0.2, 0) is 12.8 Å². The molecule has 0 atom stereocenters. The summed E-state index contributed by atoms with van der Waals surface area (Å²) in [5.41, 5.74) is 4.01. The average Bonchev–Trinajstić information content (AvgIpc) is 2.93. The monoisotopic (exact) mass is 310 g/mol. The Balaban J connectivity index is 1.84. The van der Waals surface area contributed by atoms with Gasteiger partial charge in [-0.15, -0.1) is 5.10 Å². The topological polar surface area (TPSA) is 72.8 Å². The Morgan fingerprint density at radius 1 is 1.17 bits per heavy atom. The molecule has 0 fully saturated rings. The van der Waals surface area contributed by atoms with E-state index in [1.807, 2.05) is 31.2 Å². The van der Waals surface area contributed by atoms with Gasteiger partial charge in [0.05, 0.1) is 23.5 Å². The number of aryl methyl sites for hydroxylation is 2. The molecule has 1 aliphatic carbocycles. The van der Waals surface area contributed by atoms with Crippen molar-refractivity contribution in [3.63, 3.8) is 0 Å². The van der Waals surface area contributed by atoms with E-state index >= 15 is 0 Å². The van der Waals surface area contributed by atoms with E-state index in [9.17, 15) is 4.79 Å². The van der Waals surface area contributed by atoms with Gasteiger partial charge in [-0.1, -0.05) is 0 Å². The van der Waals surface area contributed by atoms with Gasteiger partial charge in [0.1, 0.15) is 5.75 Å². The van der Waals surface area contributed by atoms with E-state index in [1.165, 1.54) is 4.68 Å². The summed E-state index contributed by atoms with van der Waals surface area (Å²) >= 11 is 0. The summed E-state index contributed by atoms with van der Waals surface area (Å²) in [5.74, 6) is 0.789. The number of hydrogen-bond acceptors (Lipinski definition) is 4. The van der Waals surface area contributed by atoms with Crippen molar-refractivity contribution in [2.24, 2.45) is 0 Å². The molecular formula is C17H18N4O2. The zero-order valence-electron chi connectivity index (χ0n) is 13.0. The van der Waals surface area contributed by atoms with Crippen LogP contribution in [0, 0.1) is 0 Å². The second-order valence-electron chi connectivity index (χ2n) is 5.74. The van der Waals surface area contributed by atoms with Crippen LogP contribution in [0.2, 0.25) is 0 Å². The average molecular weight is 310 g/mol. The Hall–Kier alpha value is -2.63. The quantitative estimate of drug-likeness (QED) is 0.806. The van der Waals surface area contributed by atoms with Crippen LogP contribution in [-0.4, -0.2) is 26.6 Å². The van der Waals surface area contributed by atoms with Gasteiger partial charge in [-0.05, 0) is 56.9 Å². The van der Waals surface area contributed by atoms with Gasteiger partial charge in [0.2, 0.25) is 0 Å². The normalized spacial score (nSPS) is 14.0. The van der Waals surface area contributed by atoms with E-state index in [-0.39, 0.29) is 5.56 Å². The minimum Gasteiger partial charge on any atom is -0.494 e. The number of aromatic amines is 1. The summed E-state index contributed by atoms with van der Waals surface area (Å²) in [6, 6.07) is 7.44. The molecule has 6 nitrogen and oxygen atoms in total. The van der Waals surface area contributed by atoms with Crippen LogP contribution in [0.25, 0.3) is 16.7 Å². The summed E-state index contributed by atoms with van der Waals surface area (Å²) in [7, 11) is 0. The Morgan fingerprint density at radius 2 is 1.96 bits per heavy atom. The Morgan fingerprint density at radius 3 is 2.74 bits per heavy atom. The van der Waals surface area contributed by atoms with E-state index in [0.717, 1.165) is 53.9 Å². The van der Waals surface area contributed by atoms with Crippen molar-refractivity contribution >= 4 is 11.0 Å². The number of H-pyrrole nitrogens is 1. The van der Waals surface area contributed by atoms with Crippen LogP contribution in [0.1, 0.15) is 31.0 Å². The third-order valence-electron chi connectivity index (χ3n) is 4.28. The zero-order chi connectivity index (χ0) is 15.8. The van der Waals surface area contributed by atoms with Gasteiger partial charge in [0, 0.05) is 5.56 Å². The minimum absolute atomic E-state index is 0.162. The van der Waals surface area contributed by atoms with Crippen LogP contribution in [0.3, 0.4) is 0 Å². The van der Waals surface area contributed by atoms with Crippen molar-refractivity contribution in [3.8, 4) is 11.4 Å². The van der Waals surface area contributed by atoms with Crippen molar-refractivity contribution in [2.45, 2.75) is 32.6 Å². The summed E-state index contributed by atoms with van der Waals surface area (Å²) in [4.78, 5) is 12.6. The van der Waals surface area contributed by atoms with Crippen LogP contribution in [0.4, 0.5) is 0 Å². The fraction of sp³-hybridized carbons (Fsp3) is 0.353. The lowest BCUT2D eigenvalue weighted by Crippen LogP contribution is -2.15. The molecule has 1 N–H and O–H groups in total. The maximum Gasteiger partial charge on any atom is 0.299 e. The molecule has 0 spiro atoms. The molecule has 2 aromatic heterocycles. The first-order valence-corrected chi connectivity index (χ1v) is 8.00. The molecule has 6 heteroatoms. The van der Waals surface area contributed by atoms with Crippen molar-refractivity contribution in [3.05, 3.63) is 45.9 Å². The maximum atomic E-state index is 12.6. The molecule has 0 radical (unpaired) electrons. The predicted octanol–water partition coefficient (Wildman–Crippen LogP) is 2.39. The molecule has 0 bridgehead atoms. The summed E-state index contributed by atoms with van der Waals surface area (Å²) in [6.45, 7) is 2.56. The molecule has 0 saturated carbocycles. The van der Waals surface area contributed by atoms with E-state index < -0.39 is 0 Å². The van der Waals surface area contributed by atoms with Crippen molar-refractivity contribution in [1.29, 1.82) is 0 Å². The molecule has 0 amide bonds. The molecule has 0 unspecified atom stereocenters. The zero-order valence-corrected chi connectivity index (χ0v) is 13.0. The second kappa shape index (κ2) is 5.53. The van der Waals surface area contributed by atoms with Gasteiger partial charge in [-0.25, -0.2) is 4.68 Å². The maximum absolute atomic E-state index is 12.6. The summed E-state index contributed by atoms with van der Waals surface area (Å²) in [6.07, 6.45) is 4.15. The number of benzene rings is 1. The first-order valence-electron chi connectivity index (χ1n) is 8.00. The van der Waals surface area contributed by atoms with Gasteiger partial charge in [-0.3, -0.25) is 9.89 Å². The van der Waals surface area contributed by atoms with Gasteiger partial charge >= 0.3 is 0 Å². The predicted molar refractivity (Wildman–Crippen MR) is 87.3 cm³/mol. The van der Waals surface area contributed by atoms with Crippen molar-refractivity contribution in [2.75, 3.05) is 6.61 Å². The fourth-order valence-corrected chi connectivity index (χ4v) is 3.15. The highest BCUT2D eigenvalue weighted by atomic mass is 16.5. The first kappa shape index (κ1) is 14.0. The lowest BCUT2D eigenvalue weighted by Gasteiger charge is -2.13. The van der Waals surface area contributed by atoms with Crippen LogP contribution < -0.4 is 10.3 Å². The molecule has 118 valence electrons. The highest BCUT2D eigenvalue weighted by molar-refractivity contribution is 5.78. The molecule has 0 aliphatic heterocycles. The molecule has 1 aromatic carbocycles. The molecular weight excluding hydrogens is 292 g/mol. The lowest BCUT2D eigenvalue weighted by molar-refractivity contribution is 0.340. The molecule has 3 aromatic rings. The number of hydrogen-bond donors (Lipinski definition) is 1. The van der Waals surface area contributed by atoms with Gasteiger partial charge < -0.3 is 4.74 Å². The van der Waals surface area contributed by atoms with Crippen LogP contribution >= 0.6 is 0 Å². The van der Waals surface area contributed by atoms with E-state index in [4.69, 9.17) is 4.74 Å². The Kier molecular flexibility index (Phi) is 3.37. The van der Waals surface area contributed by atoms with Crippen LogP contribution in [0.5, 0.6) is 5.75 Å². The van der Waals surface area contributed by atoms with Gasteiger partial charge in [-0.2, -0.15) is 5.10 Å². The van der Waals surface area contributed by atoms with Crippen molar-refractivity contribution in [1.82, 2.24) is 20.0 Å². The first-order chi connectivity index (χ1) is 11.3. The molecule has 2 heterocycles. The summed E-state index contributed by atoms with van der Waals surface area (Å²) in [5, 5.41) is 11.6. The molecule has 1 aliphatic rings. The number of nitrogens with zero attached hydrogens (tertiary/aromatic N) is 3. The van der Waals surface area contributed by atoms with Gasteiger partial charge in [0.25, 0.3) is 5.56 Å². The third-order valence-corrected chi connectivity index (χ3v) is 4.28. The van der Waals surface area contributed by atoms with Gasteiger partial charge in [0.15, 0.2) is 5.52 Å². The number of nitrogens with one attached hydrogen (secondary N) is 1. The second-order valence-corrected chi connectivity index (χ2v) is 5.74. The smallest absolute Gasteiger partial charge is 0.299 e. The van der Waals surface area contributed by atoms with E-state index in [1.54, 1.807) is 0 Å². The minimum atomic E-state index is -0.162. The molecule has 0 saturated heterocycles. The lowest BCUT2D eigenvalue weighted by atomic mass is 9.96. The highest BCUT2D eigenvalue weighted by Gasteiger charge is 2.19. The molecule has 4 rings (SSSR count). The van der Waals surface area contributed by atoms with E-state index in [0.29, 0.717) is 12.1 Å². The number of aromatic nitrogens is 4. The largest absolute Gasteiger partial charge is 0.494 e. The molecule has 23 heavy (non-hydrogen) atoms. The summed E-state index contributed by atoms with van der Waals surface area (Å²) < 4.78 is 6.97. The number of rotatable bonds is 3. The number of ether oxygens (including phenoxy) is 1. The third kappa shape index (κ3) is 2.30. The SMILES string of the molecule is CCOc1ccc(-n2[nH]c3c4c(nnc3c2=O)CCCC4)cc1. The van der Waals surface area contributed by atoms with E-state index in [2.05, 4.69) is 15.3 Å². The highest BCUT2D eigenvalue weighted by Crippen LogP contribution is 2.24. The fourth-order valence-electron chi connectivity index (χ4n) is 3.15. The Labute approximate surface area is 133 Å². The Bertz CT molecular complexity index is 909. The standard InChI is InChI=1S/C17H18N4O2/c1-2-23-12-9-7-11(8-10-12)21-17(22)16-15(20-21)13-5-3-4-6-14(13)18-19-16/h7-10,20H,2-6H2,1H3.